The summed E-state index contributed by atoms with van der Waals surface area (Å²) in [6.07, 6.45) is 1.30. The Morgan fingerprint density at radius 3 is 2.73 bits per heavy atom. The lowest BCUT2D eigenvalue weighted by Gasteiger charge is -2.24. The minimum atomic E-state index is -0.417. The topological polar surface area (TPSA) is 49.9 Å². The molecule has 0 atom stereocenters. The molecule has 5 nitrogen and oxygen atoms in total. The third-order valence-corrected chi connectivity index (χ3v) is 4.80. The number of rotatable bonds is 2. The fourth-order valence-corrected chi connectivity index (χ4v) is 3.52. The molecule has 0 aliphatic carbocycles. The van der Waals surface area contributed by atoms with Crippen LogP contribution in [0.3, 0.4) is 0 Å². The van der Waals surface area contributed by atoms with Gasteiger partial charge in [-0.1, -0.05) is 24.3 Å². The number of carbonyl (C=O) groups excluding carboxylic acids is 2. The van der Waals surface area contributed by atoms with E-state index in [9.17, 15) is 14.0 Å². The lowest BCUT2D eigenvalue weighted by atomic mass is 10.1. The number of amides is 2. The molecule has 0 N–H and O–H groups in total. The summed E-state index contributed by atoms with van der Waals surface area (Å²) in [4.78, 5) is 28.6. The van der Waals surface area contributed by atoms with Gasteiger partial charge in [-0.15, -0.1) is 0 Å². The fraction of sp³-hybridized carbons (Fsp3) is 0.300. The Labute approximate surface area is 151 Å². The van der Waals surface area contributed by atoms with Gasteiger partial charge < -0.3 is 14.5 Å². The monoisotopic (exact) mass is 354 g/mol. The third-order valence-electron chi connectivity index (χ3n) is 4.80. The second-order valence-corrected chi connectivity index (χ2v) is 6.47. The summed E-state index contributed by atoms with van der Waals surface area (Å²) in [7, 11) is 0. The molecule has 2 amide bonds. The average Bonchev–Trinajstić information content (AvgIpc) is 2.95. The fourth-order valence-electron chi connectivity index (χ4n) is 3.52. The molecule has 2 aliphatic heterocycles. The molecule has 4 rings (SSSR count). The number of nitrogens with zero attached hydrogens (tertiary/aromatic N) is 2. The standard InChI is InChI=1S/C20H19FN2O3/c21-16-7-3-5-14-13-22(11-12-26-19(14)16)20(25)15-6-1-2-8-17(15)23-10-4-9-18(23)24/h1-3,5-8H,4,9-13H2. The zero-order valence-corrected chi connectivity index (χ0v) is 14.3. The number of anilines is 1. The van der Waals surface area contributed by atoms with Crippen LogP contribution in [-0.4, -0.2) is 36.4 Å². The second kappa shape index (κ2) is 6.78. The van der Waals surface area contributed by atoms with Crippen molar-refractivity contribution in [3.63, 3.8) is 0 Å². The van der Waals surface area contributed by atoms with Gasteiger partial charge in [0.15, 0.2) is 11.6 Å². The molecular weight excluding hydrogens is 335 g/mol. The van der Waals surface area contributed by atoms with E-state index in [4.69, 9.17) is 4.74 Å². The number of carbonyl (C=O) groups is 2. The first-order chi connectivity index (χ1) is 12.6. The minimum absolute atomic E-state index is 0.0388. The van der Waals surface area contributed by atoms with Gasteiger partial charge in [-0.25, -0.2) is 4.39 Å². The SMILES string of the molecule is O=C(c1ccccc1N1CCCC1=O)N1CCOc2c(F)cccc2C1. The van der Waals surface area contributed by atoms with Crippen molar-refractivity contribution in [2.45, 2.75) is 19.4 Å². The van der Waals surface area contributed by atoms with Crippen molar-refractivity contribution in [3.8, 4) is 5.75 Å². The first-order valence-corrected chi connectivity index (χ1v) is 8.74. The second-order valence-electron chi connectivity index (χ2n) is 6.47. The molecule has 2 aromatic carbocycles. The zero-order chi connectivity index (χ0) is 18.1. The van der Waals surface area contributed by atoms with Crippen LogP contribution in [-0.2, 0) is 11.3 Å². The van der Waals surface area contributed by atoms with E-state index < -0.39 is 5.82 Å². The maximum atomic E-state index is 13.9. The Balaban J connectivity index is 1.65. The van der Waals surface area contributed by atoms with E-state index in [0.717, 1.165) is 6.42 Å². The highest BCUT2D eigenvalue weighted by atomic mass is 19.1. The Morgan fingerprint density at radius 2 is 1.92 bits per heavy atom. The summed E-state index contributed by atoms with van der Waals surface area (Å²) in [5.74, 6) is -0.344. The molecule has 0 spiro atoms. The molecule has 26 heavy (non-hydrogen) atoms. The van der Waals surface area contributed by atoms with E-state index >= 15 is 0 Å². The maximum Gasteiger partial charge on any atom is 0.256 e. The number of halogens is 1. The number of fused-ring (bicyclic) bond motifs is 1. The molecular formula is C20H19FN2O3. The van der Waals surface area contributed by atoms with Gasteiger partial charge in [-0.05, 0) is 24.6 Å². The summed E-state index contributed by atoms with van der Waals surface area (Å²) >= 11 is 0. The molecule has 6 heteroatoms. The molecule has 1 fully saturated rings. The van der Waals surface area contributed by atoms with Gasteiger partial charge in [-0.3, -0.25) is 9.59 Å². The molecule has 0 unspecified atom stereocenters. The summed E-state index contributed by atoms with van der Waals surface area (Å²) < 4.78 is 19.5. The molecule has 0 saturated carbocycles. The highest BCUT2D eigenvalue weighted by Gasteiger charge is 2.29. The van der Waals surface area contributed by atoms with Crippen LogP contribution in [0.5, 0.6) is 5.75 Å². The minimum Gasteiger partial charge on any atom is -0.488 e. The number of hydrogen-bond acceptors (Lipinski definition) is 3. The van der Waals surface area contributed by atoms with Gasteiger partial charge in [0.2, 0.25) is 5.91 Å². The molecule has 0 bridgehead atoms. The Bertz CT molecular complexity index is 868. The summed E-state index contributed by atoms with van der Waals surface area (Å²) in [5, 5.41) is 0. The Kier molecular flexibility index (Phi) is 4.32. The quantitative estimate of drug-likeness (QED) is 0.833. The predicted octanol–water partition coefficient (Wildman–Crippen LogP) is 2.99. The first kappa shape index (κ1) is 16.6. The highest BCUT2D eigenvalue weighted by Crippen LogP contribution is 2.30. The number of para-hydroxylation sites is 2. The van der Waals surface area contributed by atoms with Crippen molar-refractivity contribution >= 4 is 17.5 Å². The summed E-state index contributed by atoms with van der Waals surface area (Å²) in [6, 6.07) is 11.9. The van der Waals surface area contributed by atoms with E-state index in [1.807, 2.05) is 6.07 Å². The van der Waals surface area contributed by atoms with Crippen LogP contribution in [0.4, 0.5) is 10.1 Å². The number of benzene rings is 2. The van der Waals surface area contributed by atoms with Gasteiger partial charge in [-0.2, -0.15) is 0 Å². The molecule has 0 aromatic heterocycles. The van der Waals surface area contributed by atoms with Crippen LogP contribution >= 0.6 is 0 Å². The van der Waals surface area contributed by atoms with E-state index in [0.29, 0.717) is 36.3 Å². The largest absolute Gasteiger partial charge is 0.488 e. The normalized spacial score (nSPS) is 16.9. The van der Waals surface area contributed by atoms with Crippen molar-refractivity contribution in [2.75, 3.05) is 24.6 Å². The van der Waals surface area contributed by atoms with Crippen molar-refractivity contribution < 1.29 is 18.7 Å². The van der Waals surface area contributed by atoms with Gasteiger partial charge in [0.1, 0.15) is 6.61 Å². The summed E-state index contributed by atoms with van der Waals surface area (Å²) in [5.41, 5.74) is 1.78. The van der Waals surface area contributed by atoms with Gasteiger partial charge in [0.05, 0.1) is 17.8 Å². The highest BCUT2D eigenvalue weighted by molar-refractivity contribution is 6.05. The average molecular weight is 354 g/mol. The van der Waals surface area contributed by atoms with Gasteiger partial charge in [0.25, 0.3) is 5.91 Å². The van der Waals surface area contributed by atoms with Crippen molar-refractivity contribution in [1.82, 2.24) is 4.90 Å². The van der Waals surface area contributed by atoms with E-state index in [1.165, 1.54) is 6.07 Å². The third kappa shape index (κ3) is 2.92. The zero-order valence-electron chi connectivity index (χ0n) is 14.3. The van der Waals surface area contributed by atoms with Crippen LogP contribution in [0, 0.1) is 5.82 Å². The van der Waals surface area contributed by atoms with Gasteiger partial charge in [0, 0.05) is 25.1 Å². The van der Waals surface area contributed by atoms with Crippen molar-refractivity contribution in [1.29, 1.82) is 0 Å². The maximum absolute atomic E-state index is 13.9. The smallest absolute Gasteiger partial charge is 0.256 e. The molecule has 2 heterocycles. The van der Waals surface area contributed by atoms with Crippen LogP contribution in [0.1, 0.15) is 28.8 Å². The molecule has 1 saturated heterocycles. The first-order valence-electron chi connectivity index (χ1n) is 8.74. The molecule has 134 valence electrons. The molecule has 2 aliphatic rings. The van der Waals surface area contributed by atoms with Gasteiger partial charge >= 0.3 is 0 Å². The number of ether oxygens (including phenoxy) is 1. The van der Waals surface area contributed by atoms with Crippen molar-refractivity contribution in [3.05, 3.63) is 59.4 Å². The van der Waals surface area contributed by atoms with Crippen LogP contribution in [0.2, 0.25) is 0 Å². The van der Waals surface area contributed by atoms with Crippen LogP contribution < -0.4 is 9.64 Å². The lowest BCUT2D eigenvalue weighted by Crippen LogP contribution is -2.34. The Morgan fingerprint density at radius 1 is 1.08 bits per heavy atom. The van der Waals surface area contributed by atoms with E-state index in [-0.39, 0.29) is 30.7 Å². The lowest BCUT2D eigenvalue weighted by molar-refractivity contribution is -0.117. The van der Waals surface area contributed by atoms with Crippen LogP contribution in [0.15, 0.2) is 42.5 Å². The van der Waals surface area contributed by atoms with Crippen molar-refractivity contribution in [2.24, 2.45) is 0 Å². The predicted molar refractivity (Wildman–Crippen MR) is 94.7 cm³/mol. The van der Waals surface area contributed by atoms with E-state index in [1.54, 1.807) is 40.1 Å². The van der Waals surface area contributed by atoms with E-state index in [2.05, 4.69) is 0 Å². The number of hydrogen-bond donors (Lipinski definition) is 0. The Hall–Kier alpha value is -2.89. The summed E-state index contributed by atoms with van der Waals surface area (Å²) in [6.45, 7) is 1.48. The molecule has 0 radical (unpaired) electrons. The van der Waals surface area contributed by atoms with Crippen LogP contribution in [0.25, 0.3) is 0 Å². The molecule has 2 aromatic rings.